The molecular formula is C18H21N3O2. The Balaban J connectivity index is 1.82. The van der Waals surface area contributed by atoms with Crippen LogP contribution in [0.5, 0.6) is 0 Å². The Labute approximate surface area is 136 Å². The van der Waals surface area contributed by atoms with E-state index in [9.17, 15) is 9.90 Å². The van der Waals surface area contributed by atoms with Crippen LogP contribution in [0.2, 0.25) is 0 Å². The quantitative estimate of drug-likeness (QED) is 0.912. The van der Waals surface area contributed by atoms with E-state index in [2.05, 4.69) is 22.4 Å². The molecule has 1 unspecified atom stereocenters. The minimum absolute atomic E-state index is 0.0143. The fourth-order valence-electron chi connectivity index (χ4n) is 3.17. The zero-order chi connectivity index (χ0) is 16.2. The van der Waals surface area contributed by atoms with Crippen LogP contribution in [0.1, 0.15) is 29.2 Å². The van der Waals surface area contributed by atoms with E-state index in [-0.39, 0.29) is 18.7 Å². The molecule has 0 fully saturated rings. The number of amides is 2. The number of pyridine rings is 1. The summed E-state index contributed by atoms with van der Waals surface area (Å²) in [5.41, 5.74) is 4.13. The summed E-state index contributed by atoms with van der Waals surface area (Å²) in [5.74, 6) is 0. The lowest BCUT2D eigenvalue weighted by molar-refractivity contribution is 0.162. The summed E-state index contributed by atoms with van der Waals surface area (Å²) < 4.78 is 0. The first-order chi connectivity index (χ1) is 11.2. The standard InChI is InChI=1S/C18H21N3O2/c1-13-12-19-9-8-16(13)20-18(23)21(10-11-22)17-7-6-14-4-2-3-5-15(14)17/h2-5,8-9,12,17,22H,6-7,10-11H2,1H3,(H,19,20,23). The van der Waals surface area contributed by atoms with Gasteiger partial charge in [0.15, 0.2) is 0 Å². The van der Waals surface area contributed by atoms with Crippen LogP contribution in [0.4, 0.5) is 10.5 Å². The summed E-state index contributed by atoms with van der Waals surface area (Å²) in [5, 5.41) is 12.3. The molecule has 0 saturated carbocycles. The second-order valence-corrected chi connectivity index (χ2v) is 5.79. The van der Waals surface area contributed by atoms with E-state index in [1.54, 1.807) is 23.4 Å². The molecule has 0 aliphatic heterocycles. The molecule has 1 aliphatic carbocycles. The molecule has 0 radical (unpaired) electrons. The van der Waals surface area contributed by atoms with Gasteiger partial charge in [-0.3, -0.25) is 4.98 Å². The molecule has 2 amide bonds. The lowest BCUT2D eigenvalue weighted by atomic mass is 10.1. The Kier molecular flexibility index (Phi) is 4.57. The van der Waals surface area contributed by atoms with E-state index < -0.39 is 0 Å². The third kappa shape index (κ3) is 3.19. The first kappa shape index (κ1) is 15.5. The predicted molar refractivity (Wildman–Crippen MR) is 89.3 cm³/mol. The maximum atomic E-state index is 12.7. The van der Waals surface area contributed by atoms with E-state index in [4.69, 9.17) is 0 Å². The van der Waals surface area contributed by atoms with Crippen LogP contribution in [0.25, 0.3) is 0 Å². The number of hydrogen-bond acceptors (Lipinski definition) is 3. The van der Waals surface area contributed by atoms with Crippen LogP contribution in [-0.2, 0) is 6.42 Å². The number of urea groups is 1. The molecule has 1 aliphatic rings. The Morgan fingerprint density at radius 2 is 2.22 bits per heavy atom. The molecule has 5 heteroatoms. The zero-order valence-electron chi connectivity index (χ0n) is 13.2. The third-order valence-corrected chi connectivity index (χ3v) is 4.34. The molecular weight excluding hydrogens is 290 g/mol. The van der Waals surface area contributed by atoms with Crippen LogP contribution < -0.4 is 5.32 Å². The van der Waals surface area contributed by atoms with Gasteiger partial charge < -0.3 is 15.3 Å². The Morgan fingerprint density at radius 3 is 3.00 bits per heavy atom. The average Bonchev–Trinajstić information content (AvgIpc) is 2.98. The van der Waals surface area contributed by atoms with Gasteiger partial charge in [-0.2, -0.15) is 0 Å². The van der Waals surface area contributed by atoms with Gasteiger partial charge in [0.05, 0.1) is 12.6 Å². The van der Waals surface area contributed by atoms with Gasteiger partial charge in [-0.05, 0) is 42.5 Å². The summed E-state index contributed by atoms with van der Waals surface area (Å²) in [6.45, 7) is 2.17. The van der Waals surface area contributed by atoms with Gasteiger partial charge in [-0.1, -0.05) is 24.3 Å². The molecule has 0 spiro atoms. The number of carbonyl (C=O) groups is 1. The van der Waals surface area contributed by atoms with Crippen molar-refractivity contribution in [2.24, 2.45) is 0 Å². The number of aryl methyl sites for hydroxylation is 2. The van der Waals surface area contributed by atoms with Gasteiger partial charge in [0, 0.05) is 24.6 Å². The van der Waals surface area contributed by atoms with E-state index >= 15 is 0 Å². The summed E-state index contributed by atoms with van der Waals surface area (Å²) >= 11 is 0. The molecule has 1 heterocycles. The Morgan fingerprint density at radius 1 is 1.39 bits per heavy atom. The van der Waals surface area contributed by atoms with Gasteiger partial charge in [-0.15, -0.1) is 0 Å². The number of aliphatic hydroxyl groups is 1. The van der Waals surface area contributed by atoms with Gasteiger partial charge in [0.2, 0.25) is 0 Å². The van der Waals surface area contributed by atoms with Crippen LogP contribution in [-0.4, -0.2) is 34.2 Å². The Hall–Kier alpha value is -2.40. The number of nitrogens with one attached hydrogen (secondary N) is 1. The minimum Gasteiger partial charge on any atom is -0.395 e. The van der Waals surface area contributed by atoms with E-state index in [0.29, 0.717) is 6.54 Å². The second kappa shape index (κ2) is 6.79. The molecule has 120 valence electrons. The van der Waals surface area contributed by atoms with Crippen LogP contribution in [0, 0.1) is 6.92 Å². The highest BCUT2D eigenvalue weighted by Crippen LogP contribution is 2.35. The minimum atomic E-state index is -0.185. The number of hydrogen-bond donors (Lipinski definition) is 2. The van der Waals surface area contributed by atoms with E-state index in [0.717, 1.165) is 24.1 Å². The number of fused-ring (bicyclic) bond motifs is 1. The van der Waals surface area contributed by atoms with Gasteiger partial charge in [0.1, 0.15) is 0 Å². The molecule has 2 N–H and O–H groups in total. The van der Waals surface area contributed by atoms with Crippen molar-refractivity contribution in [2.75, 3.05) is 18.5 Å². The Bertz CT molecular complexity index is 702. The highest BCUT2D eigenvalue weighted by molar-refractivity contribution is 5.90. The van der Waals surface area contributed by atoms with Crippen molar-refractivity contribution in [1.29, 1.82) is 0 Å². The van der Waals surface area contributed by atoms with Crippen molar-refractivity contribution >= 4 is 11.7 Å². The second-order valence-electron chi connectivity index (χ2n) is 5.79. The molecule has 1 aromatic carbocycles. The van der Waals surface area contributed by atoms with Crippen molar-refractivity contribution < 1.29 is 9.90 Å². The van der Waals surface area contributed by atoms with Crippen molar-refractivity contribution in [1.82, 2.24) is 9.88 Å². The average molecular weight is 311 g/mol. The molecule has 2 aromatic rings. The smallest absolute Gasteiger partial charge is 0.322 e. The molecule has 3 rings (SSSR count). The van der Waals surface area contributed by atoms with E-state index in [1.165, 1.54) is 11.1 Å². The maximum absolute atomic E-state index is 12.7. The highest BCUT2D eigenvalue weighted by atomic mass is 16.3. The van der Waals surface area contributed by atoms with Crippen molar-refractivity contribution in [3.05, 3.63) is 59.4 Å². The SMILES string of the molecule is Cc1cnccc1NC(=O)N(CCO)C1CCc2ccccc21. The number of aromatic nitrogens is 1. The fourth-order valence-corrected chi connectivity index (χ4v) is 3.17. The number of rotatable bonds is 4. The first-order valence-electron chi connectivity index (χ1n) is 7.87. The molecule has 1 aromatic heterocycles. The lowest BCUT2D eigenvalue weighted by Crippen LogP contribution is -2.39. The first-order valence-corrected chi connectivity index (χ1v) is 7.87. The predicted octanol–water partition coefficient (Wildman–Crippen LogP) is 2.90. The number of anilines is 1. The molecule has 23 heavy (non-hydrogen) atoms. The molecule has 0 saturated heterocycles. The molecule has 1 atom stereocenters. The van der Waals surface area contributed by atoms with Crippen LogP contribution in [0.15, 0.2) is 42.7 Å². The number of benzene rings is 1. The van der Waals surface area contributed by atoms with Crippen molar-refractivity contribution in [3.63, 3.8) is 0 Å². The largest absolute Gasteiger partial charge is 0.395 e. The van der Waals surface area contributed by atoms with Crippen molar-refractivity contribution in [2.45, 2.75) is 25.8 Å². The van der Waals surface area contributed by atoms with Gasteiger partial charge in [0.25, 0.3) is 0 Å². The topological polar surface area (TPSA) is 65.5 Å². The number of carbonyl (C=O) groups excluding carboxylic acids is 1. The summed E-state index contributed by atoms with van der Waals surface area (Å²) in [6, 6.07) is 9.82. The van der Waals surface area contributed by atoms with Gasteiger partial charge in [-0.25, -0.2) is 4.79 Å². The maximum Gasteiger partial charge on any atom is 0.322 e. The fraction of sp³-hybridized carbons (Fsp3) is 0.333. The lowest BCUT2D eigenvalue weighted by Gasteiger charge is -2.29. The van der Waals surface area contributed by atoms with Crippen LogP contribution in [0.3, 0.4) is 0 Å². The number of nitrogens with zero attached hydrogens (tertiary/aromatic N) is 2. The molecule has 5 nitrogen and oxygen atoms in total. The van der Waals surface area contributed by atoms with Crippen LogP contribution >= 0.6 is 0 Å². The number of aliphatic hydroxyl groups excluding tert-OH is 1. The summed E-state index contributed by atoms with van der Waals surface area (Å²) in [7, 11) is 0. The highest BCUT2D eigenvalue weighted by Gasteiger charge is 2.30. The van der Waals surface area contributed by atoms with E-state index in [1.807, 2.05) is 19.1 Å². The van der Waals surface area contributed by atoms with Gasteiger partial charge >= 0.3 is 6.03 Å². The normalized spacial score (nSPS) is 16.0. The third-order valence-electron chi connectivity index (χ3n) is 4.34. The summed E-state index contributed by atoms with van der Waals surface area (Å²) in [6.07, 6.45) is 5.23. The zero-order valence-corrected chi connectivity index (χ0v) is 13.2. The monoisotopic (exact) mass is 311 g/mol. The van der Waals surface area contributed by atoms with Crippen molar-refractivity contribution in [3.8, 4) is 0 Å². The molecule has 0 bridgehead atoms. The summed E-state index contributed by atoms with van der Waals surface area (Å²) in [4.78, 5) is 18.5.